The van der Waals surface area contributed by atoms with Crippen molar-refractivity contribution in [1.82, 2.24) is 14.9 Å². The zero-order valence-corrected chi connectivity index (χ0v) is 21.1. The van der Waals surface area contributed by atoms with E-state index in [2.05, 4.69) is 10.0 Å². The molecular weight excluding hydrogens is 470 g/mol. The fourth-order valence-electron chi connectivity index (χ4n) is 3.93. The molecule has 0 aliphatic carbocycles. The van der Waals surface area contributed by atoms with E-state index in [1.54, 1.807) is 67.5 Å². The number of rotatable bonds is 9. The van der Waals surface area contributed by atoms with Gasteiger partial charge in [-0.15, -0.1) is 0 Å². The Morgan fingerprint density at radius 1 is 1.06 bits per heavy atom. The number of carbonyl (C=O) groups excluding carboxylic acids is 2. The molecule has 1 fully saturated rings. The third-order valence-corrected chi connectivity index (χ3v) is 7.41. The van der Waals surface area contributed by atoms with Crippen LogP contribution in [0.5, 0.6) is 5.75 Å². The first-order chi connectivity index (χ1) is 16.7. The molecule has 0 radical (unpaired) electrons. The lowest BCUT2D eigenvalue weighted by Gasteiger charge is -2.32. The average Bonchev–Trinajstić information content (AvgIpc) is 2.84. The van der Waals surface area contributed by atoms with Crippen LogP contribution in [0.1, 0.15) is 43.4 Å². The summed E-state index contributed by atoms with van der Waals surface area (Å²) < 4.78 is 39.0. The Labute approximate surface area is 206 Å². The van der Waals surface area contributed by atoms with Crippen molar-refractivity contribution < 1.29 is 27.5 Å². The summed E-state index contributed by atoms with van der Waals surface area (Å²) in [5, 5.41) is 2.99. The molecule has 1 aliphatic heterocycles. The number of piperidine rings is 1. The van der Waals surface area contributed by atoms with Gasteiger partial charge in [-0.2, -0.15) is 0 Å². The Morgan fingerprint density at radius 2 is 1.69 bits per heavy atom. The van der Waals surface area contributed by atoms with Gasteiger partial charge in [0.25, 0.3) is 0 Å². The number of amides is 2. The minimum atomic E-state index is -3.86. The molecule has 3 rings (SSSR count). The van der Waals surface area contributed by atoms with Crippen molar-refractivity contribution in [2.45, 2.75) is 50.1 Å². The van der Waals surface area contributed by atoms with E-state index in [0.717, 1.165) is 5.56 Å². The van der Waals surface area contributed by atoms with Crippen LogP contribution in [-0.2, 0) is 19.6 Å². The van der Waals surface area contributed by atoms with Crippen molar-refractivity contribution in [1.29, 1.82) is 0 Å². The Bertz CT molecular complexity index is 1100. The number of likely N-dealkylation sites (tertiary alicyclic amines) is 1. The molecule has 2 aromatic rings. The first-order valence-electron chi connectivity index (χ1n) is 11.7. The summed E-state index contributed by atoms with van der Waals surface area (Å²) in [6.45, 7) is 4.95. The zero-order valence-electron chi connectivity index (χ0n) is 20.3. The van der Waals surface area contributed by atoms with Crippen molar-refractivity contribution in [2.75, 3.05) is 26.8 Å². The van der Waals surface area contributed by atoms with Gasteiger partial charge in [-0.05, 0) is 56.5 Å². The molecule has 0 bridgehead atoms. The predicted octanol–water partition coefficient (Wildman–Crippen LogP) is 3.15. The zero-order chi connectivity index (χ0) is 25.4. The maximum atomic E-state index is 13.1. The van der Waals surface area contributed by atoms with Crippen LogP contribution in [0.4, 0.5) is 4.79 Å². The second-order valence-corrected chi connectivity index (χ2v) is 10.2. The molecular formula is C25H33N3O6S. The van der Waals surface area contributed by atoms with Crippen molar-refractivity contribution in [2.24, 2.45) is 0 Å². The van der Waals surface area contributed by atoms with Gasteiger partial charge < -0.3 is 19.7 Å². The number of aryl methyl sites for hydroxylation is 1. The van der Waals surface area contributed by atoms with Gasteiger partial charge in [0.1, 0.15) is 5.75 Å². The van der Waals surface area contributed by atoms with E-state index < -0.39 is 16.1 Å². The minimum absolute atomic E-state index is 0.0739. The van der Waals surface area contributed by atoms with Crippen LogP contribution in [0.3, 0.4) is 0 Å². The second kappa shape index (κ2) is 12.0. The van der Waals surface area contributed by atoms with Crippen LogP contribution >= 0.6 is 0 Å². The number of benzene rings is 2. The fourth-order valence-corrected chi connectivity index (χ4v) is 5.15. The molecule has 10 heteroatoms. The van der Waals surface area contributed by atoms with Crippen molar-refractivity contribution in [3.8, 4) is 5.75 Å². The molecule has 190 valence electrons. The molecule has 0 aromatic heterocycles. The van der Waals surface area contributed by atoms with Crippen LogP contribution in [0, 0.1) is 6.92 Å². The van der Waals surface area contributed by atoms with E-state index in [-0.39, 0.29) is 29.4 Å². The predicted molar refractivity (Wildman–Crippen MR) is 132 cm³/mol. The van der Waals surface area contributed by atoms with E-state index >= 15 is 0 Å². The molecule has 35 heavy (non-hydrogen) atoms. The van der Waals surface area contributed by atoms with E-state index in [4.69, 9.17) is 9.47 Å². The van der Waals surface area contributed by atoms with Gasteiger partial charge in [0, 0.05) is 25.6 Å². The van der Waals surface area contributed by atoms with Crippen LogP contribution in [0.15, 0.2) is 53.4 Å². The number of methoxy groups -OCH3 is 1. The first-order valence-corrected chi connectivity index (χ1v) is 13.1. The molecule has 1 aliphatic rings. The summed E-state index contributed by atoms with van der Waals surface area (Å²) in [7, 11) is -2.31. The number of sulfonamides is 1. The van der Waals surface area contributed by atoms with E-state index in [9.17, 15) is 18.0 Å². The molecule has 0 saturated carbocycles. The molecule has 1 saturated heterocycles. The molecule has 1 atom stereocenters. The summed E-state index contributed by atoms with van der Waals surface area (Å²) in [6.07, 6.45) is 0.789. The highest BCUT2D eigenvalue weighted by Crippen LogP contribution is 2.24. The molecule has 9 nitrogen and oxygen atoms in total. The van der Waals surface area contributed by atoms with Crippen LogP contribution in [-0.4, -0.2) is 58.2 Å². The lowest BCUT2D eigenvalue weighted by Crippen LogP contribution is -2.47. The number of nitrogens with zero attached hydrogens (tertiary/aromatic N) is 1. The first kappa shape index (κ1) is 26.5. The highest BCUT2D eigenvalue weighted by Gasteiger charge is 2.27. The monoisotopic (exact) mass is 503 g/mol. The second-order valence-electron chi connectivity index (χ2n) is 8.49. The molecule has 2 amide bonds. The summed E-state index contributed by atoms with van der Waals surface area (Å²) in [4.78, 5) is 26.6. The van der Waals surface area contributed by atoms with E-state index in [0.29, 0.717) is 43.9 Å². The van der Waals surface area contributed by atoms with Gasteiger partial charge in [-0.1, -0.05) is 29.8 Å². The highest BCUT2D eigenvalue weighted by atomic mass is 32.2. The van der Waals surface area contributed by atoms with Crippen LogP contribution in [0.2, 0.25) is 0 Å². The Hall–Kier alpha value is -3.11. The number of nitrogens with one attached hydrogen (secondary N) is 2. The lowest BCUT2D eigenvalue weighted by molar-refractivity contribution is -0.122. The standard InChI is InChI=1S/C25H33N3O6S/c1-4-34-25(30)28-15-13-20(14-16-28)26-24(29)17-23(19-7-9-21(33-3)10-8-19)27-35(31,32)22-11-5-18(2)6-12-22/h5-12,20,23,27H,4,13-17H2,1-3H3,(H,26,29)/t23-/m1/s1. The lowest BCUT2D eigenvalue weighted by atomic mass is 10.0. The maximum Gasteiger partial charge on any atom is 0.409 e. The number of hydrogen-bond donors (Lipinski definition) is 2. The summed E-state index contributed by atoms with van der Waals surface area (Å²) in [6, 6.07) is 12.6. The minimum Gasteiger partial charge on any atom is -0.497 e. The number of carbonyl (C=O) groups is 2. The molecule has 0 unspecified atom stereocenters. The molecule has 2 aromatic carbocycles. The quantitative estimate of drug-likeness (QED) is 0.543. The number of hydrogen-bond acceptors (Lipinski definition) is 6. The SMILES string of the molecule is CCOC(=O)N1CCC(NC(=O)C[C@@H](NS(=O)(=O)c2ccc(C)cc2)c2ccc(OC)cc2)CC1. The van der Waals surface area contributed by atoms with Gasteiger partial charge in [0.15, 0.2) is 0 Å². The van der Waals surface area contributed by atoms with Crippen molar-refractivity contribution in [3.63, 3.8) is 0 Å². The third kappa shape index (κ3) is 7.43. The summed E-state index contributed by atoms with van der Waals surface area (Å²) in [5.74, 6) is 0.360. The van der Waals surface area contributed by atoms with Crippen molar-refractivity contribution in [3.05, 3.63) is 59.7 Å². The van der Waals surface area contributed by atoms with E-state index in [1.807, 2.05) is 6.92 Å². The Kier molecular flexibility index (Phi) is 9.11. The summed E-state index contributed by atoms with van der Waals surface area (Å²) in [5.41, 5.74) is 1.60. The summed E-state index contributed by atoms with van der Waals surface area (Å²) >= 11 is 0. The van der Waals surface area contributed by atoms with Gasteiger partial charge in [-0.3, -0.25) is 4.79 Å². The maximum absolute atomic E-state index is 13.1. The van der Waals surface area contributed by atoms with Crippen molar-refractivity contribution >= 4 is 22.0 Å². The van der Waals surface area contributed by atoms with Gasteiger partial charge >= 0.3 is 6.09 Å². The smallest absolute Gasteiger partial charge is 0.409 e. The van der Waals surface area contributed by atoms with Gasteiger partial charge in [0.05, 0.1) is 24.7 Å². The van der Waals surface area contributed by atoms with Crippen LogP contribution < -0.4 is 14.8 Å². The van der Waals surface area contributed by atoms with Crippen LogP contribution in [0.25, 0.3) is 0 Å². The molecule has 0 spiro atoms. The average molecular weight is 504 g/mol. The largest absolute Gasteiger partial charge is 0.497 e. The third-order valence-electron chi connectivity index (χ3n) is 5.92. The highest BCUT2D eigenvalue weighted by molar-refractivity contribution is 7.89. The molecule has 1 heterocycles. The fraction of sp³-hybridized carbons (Fsp3) is 0.440. The van der Waals surface area contributed by atoms with Gasteiger partial charge in [-0.25, -0.2) is 17.9 Å². The molecule has 2 N–H and O–H groups in total. The van der Waals surface area contributed by atoms with E-state index in [1.165, 1.54) is 0 Å². The normalized spacial score (nSPS) is 15.3. The number of ether oxygens (including phenoxy) is 2. The topological polar surface area (TPSA) is 114 Å². The Balaban J connectivity index is 1.69. The van der Waals surface area contributed by atoms with Gasteiger partial charge in [0.2, 0.25) is 15.9 Å². The Morgan fingerprint density at radius 3 is 2.26 bits per heavy atom.